The monoisotopic (exact) mass is 351 g/mol. The molecule has 1 aromatic carbocycles. The molecule has 0 atom stereocenters. The van der Waals surface area contributed by atoms with Crippen LogP contribution in [0.4, 0.5) is 13.6 Å². The highest BCUT2D eigenvalue weighted by atomic mass is 19.2. The summed E-state index contributed by atoms with van der Waals surface area (Å²) in [4.78, 5) is 24.0. The molecule has 0 radical (unpaired) electrons. The minimum Gasteiger partial charge on any atom is -0.454 e. The number of nitrogens with zero attached hydrogens (tertiary/aromatic N) is 1. The Morgan fingerprint density at radius 3 is 2.72 bits per heavy atom. The van der Waals surface area contributed by atoms with Crippen LogP contribution in [-0.2, 0) is 4.74 Å². The Bertz CT molecular complexity index is 962. The van der Waals surface area contributed by atoms with Gasteiger partial charge in [-0.1, -0.05) is 13.8 Å². The summed E-state index contributed by atoms with van der Waals surface area (Å²) in [6.45, 7) is 5.26. The average molecular weight is 351 g/mol. The van der Waals surface area contributed by atoms with Crippen LogP contribution in [0.25, 0.3) is 17.1 Å². The first-order valence-electron chi connectivity index (χ1n) is 7.64. The molecule has 0 fully saturated rings. The maximum Gasteiger partial charge on any atom is 0.514 e. The van der Waals surface area contributed by atoms with Gasteiger partial charge in [-0.25, -0.2) is 9.18 Å². The van der Waals surface area contributed by atoms with E-state index in [4.69, 9.17) is 9.47 Å². The van der Waals surface area contributed by atoms with Crippen LogP contribution < -0.4 is 14.9 Å². The van der Waals surface area contributed by atoms with Gasteiger partial charge in [0.2, 0.25) is 11.2 Å². The molecule has 0 N–H and O–H groups in total. The second-order valence-corrected chi connectivity index (χ2v) is 5.70. The molecular formula is C17H15F2NO5. The number of allylic oxidation sites excluding steroid dienone is 1. The number of aromatic nitrogens is 1. The Hall–Kier alpha value is -2.90. The minimum atomic E-state index is -1.23. The Labute approximate surface area is 141 Å². The number of halogens is 2. The van der Waals surface area contributed by atoms with E-state index in [0.717, 1.165) is 6.07 Å². The van der Waals surface area contributed by atoms with Crippen LogP contribution in [0.15, 0.2) is 22.8 Å². The summed E-state index contributed by atoms with van der Waals surface area (Å²) < 4.78 is 44.4. The molecule has 2 heterocycles. The molecule has 1 aromatic heterocycles. The molecule has 0 saturated carbocycles. The normalized spacial score (nSPS) is 12.8. The zero-order valence-electron chi connectivity index (χ0n) is 13.8. The van der Waals surface area contributed by atoms with Crippen LogP contribution in [0.1, 0.15) is 20.8 Å². The Morgan fingerprint density at radius 1 is 1.36 bits per heavy atom. The van der Waals surface area contributed by atoms with Crippen molar-refractivity contribution in [1.82, 2.24) is 4.57 Å². The maximum absolute atomic E-state index is 14.2. The summed E-state index contributed by atoms with van der Waals surface area (Å²) in [7, 11) is 0. The molecule has 1 aliphatic rings. The van der Waals surface area contributed by atoms with Gasteiger partial charge >= 0.3 is 6.16 Å². The second-order valence-electron chi connectivity index (χ2n) is 5.70. The lowest BCUT2D eigenvalue weighted by molar-refractivity contribution is 0.104. The second kappa shape index (κ2) is 6.19. The molecule has 25 heavy (non-hydrogen) atoms. The van der Waals surface area contributed by atoms with Crippen molar-refractivity contribution in [3.05, 3.63) is 39.9 Å². The van der Waals surface area contributed by atoms with Crippen molar-refractivity contribution >= 4 is 23.3 Å². The van der Waals surface area contributed by atoms with Gasteiger partial charge in [-0.3, -0.25) is 4.79 Å². The molecule has 2 aromatic rings. The maximum atomic E-state index is 14.2. The van der Waals surface area contributed by atoms with Gasteiger partial charge in [0.05, 0.1) is 18.2 Å². The fourth-order valence-corrected chi connectivity index (χ4v) is 2.46. The molecule has 0 bridgehead atoms. The van der Waals surface area contributed by atoms with E-state index in [1.54, 1.807) is 6.92 Å². The van der Waals surface area contributed by atoms with Gasteiger partial charge in [-0.15, -0.1) is 0 Å². The number of carbonyl (C=O) groups is 1. The van der Waals surface area contributed by atoms with Crippen LogP contribution in [0.5, 0.6) is 11.5 Å². The molecule has 132 valence electrons. The smallest absolute Gasteiger partial charge is 0.454 e. The largest absolute Gasteiger partial charge is 0.514 e. The van der Waals surface area contributed by atoms with E-state index >= 15 is 0 Å². The molecule has 8 heteroatoms. The first kappa shape index (κ1) is 16.9. The lowest BCUT2D eigenvalue weighted by Gasteiger charge is -2.23. The van der Waals surface area contributed by atoms with Crippen molar-refractivity contribution in [3.8, 4) is 11.5 Å². The van der Waals surface area contributed by atoms with Crippen molar-refractivity contribution in [2.45, 2.75) is 20.8 Å². The van der Waals surface area contributed by atoms with E-state index in [-0.39, 0.29) is 34.9 Å². The Balaban J connectivity index is 2.28. The molecule has 0 saturated heterocycles. The highest BCUT2D eigenvalue weighted by Crippen LogP contribution is 2.36. The quantitative estimate of drug-likeness (QED) is 0.790. The highest BCUT2D eigenvalue weighted by molar-refractivity contribution is 5.89. The molecule has 0 amide bonds. The zero-order chi connectivity index (χ0) is 18.3. The molecule has 1 aliphatic heterocycles. The van der Waals surface area contributed by atoms with E-state index in [2.05, 4.69) is 4.74 Å². The first-order valence-corrected chi connectivity index (χ1v) is 7.64. The van der Waals surface area contributed by atoms with E-state index in [0.29, 0.717) is 5.76 Å². The summed E-state index contributed by atoms with van der Waals surface area (Å²) in [5, 5.41) is -0.172. The van der Waals surface area contributed by atoms with Gasteiger partial charge in [-0.05, 0) is 13.0 Å². The molecule has 0 unspecified atom stereocenters. The fourth-order valence-electron chi connectivity index (χ4n) is 2.46. The zero-order valence-corrected chi connectivity index (χ0v) is 13.8. The predicted octanol–water partition coefficient (Wildman–Crippen LogP) is 3.66. The summed E-state index contributed by atoms with van der Waals surface area (Å²) in [5.74, 6) is -2.91. The first-order chi connectivity index (χ1) is 11.8. The van der Waals surface area contributed by atoms with Crippen molar-refractivity contribution < 1.29 is 27.8 Å². The van der Waals surface area contributed by atoms with Crippen LogP contribution >= 0.6 is 0 Å². The van der Waals surface area contributed by atoms with Crippen LogP contribution in [-0.4, -0.2) is 17.3 Å². The van der Waals surface area contributed by atoms with E-state index in [1.807, 2.05) is 13.8 Å². The number of ether oxygens (including phenoxy) is 3. The summed E-state index contributed by atoms with van der Waals surface area (Å²) in [5.41, 5.74) is -0.714. The highest BCUT2D eigenvalue weighted by Gasteiger charge is 2.26. The minimum absolute atomic E-state index is 0.0597. The van der Waals surface area contributed by atoms with Crippen molar-refractivity contribution in [3.63, 3.8) is 0 Å². The molecule has 0 aliphatic carbocycles. The summed E-state index contributed by atoms with van der Waals surface area (Å²) >= 11 is 0. The number of pyridine rings is 1. The van der Waals surface area contributed by atoms with Crippen LogP contribution in [0, 0.1) is 17.6 Å². The van der Waals surface area contributed by atoms with Crippen molar-refractivity contribution in [1.29, 1.82) is 0 Å². The van der Waals surface area contributed by atoms with Gasteiger partial charge in [0, 0.05) is 12.1 Å². The number of hydrogen-bond acceptors (Lipinski definition) is 5. The third-order valence-corrected chi connectivity index (χ3v) is 3.64. The standard InChI is InChI=1S/C17H15F2NO5/c1-4-23-17(22)25-12-7-20-6-11(8(2)3)24-16-13(19)10(18)5-9(14(16)20)15(12)21/h5-8H,4H2,1-3H3. The van der Waals surface area contributed by atoms with Gasteiger partial charge in [0.1, 0.15) is 11.3 Å². The van der Waals surface area contributed by atoms with E-state index in [9.17, 15) is 18.4 Å². The summed E-state index contributed by atoms with van der Waals surface area (Å²) in [6.07, 6.45) is 1.68. The lowest BCUT2D eigenvalue weighted by atomic mass is 10.1. The van der Waals surface area contributed by atoms with Gasteiger partial charge in [-0.2, -0.15) is 4.39 Å². The number of carbonyl (C=O) groups excluding carboxylic acids is 1. The fraction of sp³-hybridized carbons (Fsp3) is 0.294. The third-order valence-electron chi connectivity index (χ3n) is 3.64. The van der Waals surface area contributed by atoms with Gasteiger partial charge < -0.3 is 18.8 Å². The summed E-state index contributed by atoms with van der Waals surface area (Å²) in [6, 6.07) is 0.753. The Kier molecular flexibility index (Phi) is 4.20. The van der Waals surface area contributed by atoms with Gasteiger partial charge in [0.25, 0.3) is 0 Å². The number of benzene rings is 1. The van der Waals surface area contributed by atoms with E-state index in [1.165, 1.54) is 17.0 Å². The predicted molar refractivity (Wildman–Crippen MR) is 85.5 cm³/mol. The average Bonchev–Trinajstić information content (AvgIpc) is 2.55. The Morgan fingerprint density at radius 2 is 2.08 bits per heavy atom. The molecule has 6 nitrogen and oxygen atoms in total. The lowest BCUT2D eigenvalue weighted by Crippen LogP contribution is -2.20. The van der Waals surface area contributed by atoms with Crippen LogP contribution in [0.3, 0.4) is 0 Å². The van der Waals surface area contributed by atoms with Crippen molar-refractivity contribution in [2.75, 3.05) is 6.61 Å². The third kappa shape index (κ3) is 2.84. The number of hydrogen-bond donors (Lipinski definition) is 0. The molecular weight excluding hydrogens is 336 g/mol. The molecule has 3 rings (SSSR count). The number of rotatable bonds is 3. The topological polar surface area (TPSA) is 66.8 Å². The van der Waals surface area contributed by atoms with Crippen molar-refractivity contribution in [2.24, 2.45) is 5.92 Å². The van der Waals surface area contributed by atoms with E-state index < -0.39 is 23.2 Å². The SMILES string of the molecule is CCOC(=O)Oc1cn2c3c(c(F)c(F)cc3c1=O)OC(C(C)C)=C2. The van der Waals surface area contributed by atoms with Gasteiger partial charge in [0.15, 0.2) is 17.3 Å². The van der Waals surface area contributed by atoms with Crippen LogP contribution in [0.2, 0.25) is 0 Å². The molecule has 0 spiro atoms.